The highest BCUT2D eigenvalue weighted by Gasteiger charge is 2.37. The molecule has 0 spiro atoms. The van der Waals surface area contributed by atoms with Crippen LogP contribution in [0.1, 0.15) is 46.1 Å². The van der Waals surface area contributed by atoms with Crippen LogP contribution < -0.4 is 11.1 Å². The monoisotopic (exact) mass is 445 g/mol. The molecule has 2 amide bonds. The van der Waals surface area contributed by atoms with Gasteiger partial charge in [-0.1, -0.05) is 0 Å². The molecule has 0 radical (unpaired) electrons. The predicted molar refractivity (Wildman–Crippen MR) is 112 cm³/mol. The summed E-state index contributed by atoms with van der Waals surface area (Å²) in [7, 11) is 2.06. The molecular formula is C19H29ClFN5O2S. The van der Waals surface area contributed by atoms with Gasteiger partial charge in [-0.2, -0.15) is 0 Å². The molecule has 3 heterocycles. The molecule has 162 valence electrons. The number of amides is 2. The van der Waals surface area contributed by atoms with E-state index in [9.17, 15) is 14.0 Å². The number of hydrogen-bond donors (Lipinski definition) is 2. The summed E-state index contributed by atoms with van der Waals surface area (Å²) in [5.74, 6) is -0.409. The van der Waals surface area contributed by atoms with Crippen molar-refractivity contribution in [3.63, 3.8) is 0 Å². The third-order valence-electron chi connectivity index (χ3n) is 6.13. The zero-order valence-corrected chi connectivity index (χ0v) is 18.2. The average molecular weight is 446 g/mol. The van der Waals surface area contributed by atoms with Crippen LogP contribution in [0.15, 0.2) is 0 Å². The lowest BCUT2D eigenvalue weighted by atomic mass is 9.82. The Balaban J connectivity index is 0.00000240. The molecule has 4 rings (SSSR count). The number of likely N-dealkylation sites (tertiary alicyclic amines) is 1. The van der Waals surface area contributed by atoms with Crippen molar-refractivity contribution < 1.29 is 14.0 Å². The first-order valence-corrected chi connectivity index (χ1v) is 10.9. The molecule has 4 atom stereocenters. The summed E-state index contributed by atoms with van der Waals surface area (Å²) in [4.78, 5) is 35.0. The largest absolute Gasteiger partial charge is 0.346 e. The quantitative estimate of drug-likeness (QED) is 0.732. The third-order valence-corrected chi connectivity index (χ3v) is 7.21. The van der Waals surface area contributed by atoms with Crippen LogP contribution in [0.2, 0.25) is 0 Å². The number of halogens is 2. The second-order valence-electron chi connectivity index (χ2n) is 8.30. The molecule has 0 aromatic carbocycles. The summed E-state index contributed by atoms with van der Waals surface area (Å²) in [6.07, 6.45) is 2.24. The topological polar surface area (TPSA) is 91.6 Å². The van der Waals surface area contributed by atoms with Crippen molar-refractivity contribution in [2.24, 2.45) is 11.7 Å². The number of hydrogen-bond acceptors (Lipinski definition) is 6. The number of nitrogens with zero attached hydrogens (tertiary/aromatic N) is 3. The van der Waals surface area contributed by atoms with Crippen LogP contribution in [0, 0.1) is 5.92 Å². The number of likely N-dealkylation sites (N-methyl/N-ethyl adjacent to an activating group) is 1. The van der Waals surface area contributed by atoms with E-state index in [1.54, 1.807) is 4.90 Å². The number of aromatic nitrogens is 1. The minimum Gasteiger partial charge on any atom is -0.346 e. The van der Waals surface area contributed by atoms with Gasteiger partial charge in [0.15, 0.2) is 5.01 Å². The number of thiazole rings is 1. The maximum Gasteiger partial charge on any atom is 0.280 e. The smallest absolute Gasteiger partial charge is 0.280 e. The molecule has 1 saturated heterocycles. The summed E-state index contributed by atoms with van der Waals surface area (Å²) in [5.41, 5.74) is 7.25. The molecule has 1 aliphatic carbocycles. The lowest BCUT2D eigenvalue weighted by Gasteiger charge is -2.35. The van der Waals surface area contributed by atoms with E-state index in [1.807, 2.05) is 0 Å². The van der Waals surface area contributed by atoms with Gasteiger partial charge in [-0.05, 0) is 32.7 Å². The van der Waals surface area contributed by atoms with Gasteiger partial charge in [0.05, 0.1) is 12.2 Å². The van der Waals surface area contributed by atoms with Crippen LogP contribution in [-0.2, 0) is 17.8 Å². The fourth-order valence-electron chi connectivity index (χ4n) is 4.41. The molecule has 1 saturated carbocycles. The molecule has 7 nitrogen and oxygen atoms in total. The molecule has 10 heteroatoms. The number of carbonyl (C=O) groups excluding carboxylic acids is 2. The highest BCUT2D eigenvalue weighted by atomic mass is 35.5. The molecule has 1 aromatic rings. The van der Waals surface area contributed by atoms with Crippen molar-refractivity contribution in [3.05, 3.63) is 15.6 Å². The van der Waals surface area contributed by atoms with E-state index in [-0.39, 0.29) is 48.8 Å². The number of carbonyl (C=O) groups is 2. The van der Waals surface area contributed by atoms with Gasteiger partial charge in [0.1, 0.15) is 6.17 Å². The lowest BCUT2D eigenvalue weighted by Crippen LogP contribution is -2.53. The SMILES string of the molecule is CN1CCc2nc(C(=O)NC3CC(C(=O)N4CC[C@H](F)C4)CCC3N)sc2C1.Cl. The first-order chi connectivity index (χ1) is 13.4. The number of rotatable bonds is 3. The minimum atomic E-state index is -0.916. The van der Waals surface area contributed by atoms with E-state index in [1.165, 1.54) is 11.3 Å². The number of nitrogens with two attached hydrogens (primary N) is 1. The van der Waals surface area contributed by atoms with Crippen molar-refractivity contribution >= 4 is 35.6 Å². The van der Waals surface area contributed by atoms with Crippen molar-refractivity contribution in [2.75, 3.05) is 26.7 Å². The average Bonchev–Trinajstić information content (AvgIpc) is 3.28. The Morgan fingerprint density at radius 3 is 2.79 bits per heavy atom. The summed E-state index contributed by atoms with van der Waals surface area (Å²) < 4.78 is 13.4. The summed E-state index contributed by atoms with van der Waals surface area (Å²) >= 11 is 1.44. The minimum absolute atomic E-state index is 0. The standard InChI is InChI=1S/C19H28FN5O2S.ClH/c1-24-6-5-14-16(10-24)28-18(23-14)17(26)22-15-8-11(2-3-13(15)21)19(27)25-7-4-12(20)9-25;/h11-13,15H,2-10,21H2,1H3,(H,22,26);1H/t11?,12-,13?,15?;/m0./s1. The van der Waals surface area contributed by atoms with Crippen molar-refractivity contribution in [3.8, 4) is 0 Å². The van der Waals surface area contributed by atoms with Crippen LogP contribution in [0.3, 0.4) is 0 Å². The van der Waals surface area contributed by atoms with Gasteiger partial charge in [-0.15, -0.1) is 23.7 Å². The molecule has 3 unspecified atom stereocenters. The zero-order chi connectivity index (χ0) is 19.8. The molecular weight excluding hydrogens is 417 g/mol. The maximum atomic E-state index is 13.4. The Bertz CT molecular complexity index is 763. The van der Waals surface area contributed by atoms with Crippen LogP contribution in [0.4, 0.5) is 4.39 Å². The lowest BCUT2D eigenvalue weighted by molar-refractivity contribution is -0.136. The van der Waals surface area contributed by atoms with E-state index in [4.69, 9.17) is 5.73 Å². The first kappa shape index (κ1) is 22.4. The molecule has 3 N–H and O–H groups in total. The summed E-state index contributed by atoms with van der Waals surface area (Å²) in [5, 5.41) is 3.49. The summed E-state index contributed by atoms with van der Waals surface area (Å²) in [6.45, 7) is 2.45. The normalized spacial score (nSPS) is 29.8. The van der Waals surface area contributed by atoms with Gasteiger partial charge in [-0.3, -0.25) is 9.59 Å². The Hall–Kier alpha value is -1.29. The third kappa shape index (κ3) is 4.90. The molecule has 0 bridgehead atoms. The van der Waals surface area contributed by atoms with Gasteiger partial charge in [-0.25, -0.2) is 9.37 Å². The Morgan fingerprint density at radius 1 is 1.28 bits per heavy atom. The van der Waals surface area contributed by atoms with Gasteiger partial charge in [0, 0.05) is 48.9 Å². The highest BCUT2D eigenvalue weighted by Crippen LogP contribution is 2.29. The van der Waals surface area contributed by atoms with Crippen LogP contribution in [0.5, 0.6) is 0 Å². The van der Waals surface area contributed by atoms with Crippen molar-refractivity contribution in [1.82, 2.24) is 20.1 Å². The Labute approximate surface area is 180 Å². The Morgan fingerprint density at radius 2 is 2.07 bits per heavy atom. The zero-order valence-electron chi connectivity index (χ0n) is 16.6. The fraction of sp³-hybridized carbons (Fsp3) is 0.737. The number of nitrogens with one attached hydrogen (secondary N) is 1. The second kappa shape index (κ2) is 9.24. The van der Waals surface area contributed by atoms with Crippen LogP contribution >= 0.6 is 23.7 Å². The Kier molecular flexibility index (Phi) is 7.14. The van der Waals surface area contributed by atoms with Gasteiger partial charge >= 0.3 is 0 Å². The van der Waals surface area contributed by atoms with E-state index in [0.717, 1.165) is 30.1 Å². The highest BCUT2D eigenvalue weighted by molar-refractivity contribution is 7.13. The predicted octanol–water partition coefficient (Wildman–Crippen LogP) is 1.35. The second-order valence-corrected chi connectivity index (χ2v) is 9.38. The van der Waals surface area contributed by atoms with Gasteiger partial charge in [0.25, 0.3) is 5.91 Å². The number of alkyl halides is 1. The molecule has 1 aromatic heterocycles. The fourth-order valence-corrected chi connectivity index (χ4v) is 5.50. The van der Waals surface area contributed by atoms with E-state index in [0.29, 0.717) is 37.2 Å². The number of fused-ring (bicyclic) bond motifs is 1. The molecule has 2 aliphatic heterocycles. The van der Waals surface area contributed by atoms with Crippen LogP contribution in [-0.4, -0.2) is 71.5 Å². The summed E-state index contributed by atoms with van der Waals surface area (Å²) in [6, 6.07) is -0.441. The molecule has 3 aliphatic rings. The maximum absolute atomic E-state index is 13.4. The van der Waals surface area contributed by atoms with Gasteiger partial charge in [0.2, 0.25) is 5.91 Å². The van der Waals surface area contributed by atoms with E-state index in [2.05, 4.69) is 22.2 Å². The van der Waals surface area contributed by atoms with Crippen LogP contribution in [0.25, 0.3) is 0 Å². The molecule has 29 heavy (non-hydrogen) atoms. The van der Waals surface area contributed by atoms with E-state index < -0.39 is 6.17 Å². The van der Waals surface area contributed by atoms with Gasteiger partial charge < -0.3 is 20.9 Å². The van der Waals surface area contributed by atoms with Crippen molar-refractivity contribution in [1.29, 1.82) is 0 Å². The first-order valence-electron chi connectivity index (χ1n) is 10.1. The molecule has 2 fully saturated rings. The van der Waals surface area contributed by atoms with Crippen molar-refractivity contribution in [2.45, 2.75) is 56.9 Å². The van der Waals surface area contributed by atoms with E-state index >= 15 is 0 Å².